The molecule has 0 amide bonds. The lowest BCUT2D eigenvalue weighted by Gasteiger charge is -2.17. The summed E-state index contributed by atoms with van der Waals surface area (Å²) in [5.41, 5.74) is -3.57. The second kappa shape index (κ2) is 9.97. The molecular formula is C19H18Cl3F6N5. The van der Waals surface area contributed by atoms with Crippen molar-refractivity contribution in [3.8, 4) is 11.4 Å². The zero-order valence-corrected chi connectivity index (χ0v) is 19.1. The number of benzene rings is 1. The van der Waals surface area contributed by atoms with Crippen molar-refractivity contribution in [3.05, 3.63) is 35.2 Å². The van der Waals surface area contributed by atoms with Gasteiger partial charge in [-0.25, -0.2) is 4.98 Å². The molecule has 182 valence electrons. The largest absolute Gasteiger partial charge is 0.416 e. The summed E-state index contributed by atoms with van der Waals surface area (Å²) in [6, 6.07) is 1.02. The van der Waals surface area contributed by atoms with Crippen LogP contribution in [0.4, 0.5) is 32.3 Å². The second-order valence-electron chi connectivity index (χ2n) is 7.43. The Morgan fingerprint density at radius 2 is 1.42 bits per heavy atom. The van der Waals surface area contributed by atoms with Gasteiger partial charge in [-0.1, -0.05) is 34.8 Å². The number of likely N-dealkylation sites (tertiary alicyclic amines) is 1. The molecule has 1 fully saturated rings. The van der Waals surface area contributed by atoms with Gasteiger partial charge >= 0.3 is 12.4 Å². The molecule has 0 radical (unpaired) electrons. The van der Waals surface area contributed by atoms with Crippen LogP contribution in [-0.4, -0.2) is 46.0 Å². The highest BCUT2D eigenvalue weighted by atomic mass is 35.6. The fourth-order valence-electron chi connectivity index (χ4n) is 3.30. The van der Waals surface area contributed by atoms with Gasteiger partial charge in [0.25, 0.3) is 0 Å². The van der Waals surface area contributed by atoms with Gasteiger partial charge in [-0.2, -0.15) is 36.3 Å². The van der Waals surface area contributed by atoms with E-state index < -0.39 is 44.5 Å². The maximum Gasteiger partial charge on any atom is 0.416 e. The number of hydrogen-bond acceptors (Lipinski definition) is 5. The van der Waals surface area contributed by atoms with Crippen LogP contribution in [0.2, 0.25) is 0 Å². The molecule has 2 aromatic rings. The number of alkyl halides is 9. The van der Waals surface area contributed by atoms with Crippen LogP contribution in [0.1, 0.15) is 36.2 Å². The molecule has 0 unspecified atom stereocenters. The molecule has 14 heteroatoms. The topological polar surface area (TPSA) is 53.9 Å². The number of halogens is 9. The van der Waals surface area contributed by atoms with Gasteiger partial charge in [0.2, 0.25) is 9.74 Å². The Morgan fingerprint density at radius 3 is 1.94 bits per heavy atom. The molecule has 3 rings (SSSR count). The predicted octanol–water partition coefficient (Wildman–Crippen LogP) is 6.30. The first kappa shape index (κ1) is 26.1. The van der Waals surface area contributed by atoms with E-state index in [9.17, 15) is 26.3 Å². The molecule has 2 heterocycles. The molecule has 1 N–H and O–H groups in total. The van der Waals surface area contributed by atoms with Crippen LogP contribution in [0.3, 0.4) is 0 Å². The Kier molecular flexibility index (Phi) is 7.87. The molecule has 0 atom stereocenters. The van der Waals surface area contributed by atoms with E-state index in [0.717, 1.165) is 32.5 Å². The van der Waals surface area contributed by atoms with Crippen molar-refractivity contribution in [1.82, 2.24) is 19.9 Å². The summed E-state index contributed by atoms with van der Waals surface area (Å²) < 4.78 is 77.2. The molecule has 5 nitrogen and oxygen atoms in total. The van der Waals surface area contributed by atoms with Gasteiger partial charge in [0.05, 0.1) is 11.1 Å². The van der Waals surface area contributed by atoms with Crippen LogP contribution in [0.25, 0.3) is 11.4 Å². The van der Waals surface area contributed by atoms with Crippen LogP contribution >= 0.6 is 34.8 Å². The molecular weight excluding hydrogens is 519 g/mol. The Bertz CT molecular complexity index is 940. The minimum Gasteiger partial charge on any atom is -0.354 e. The Balaban J connectivity index is 1.94. The van der Waals surface area contributed by atoms with Crippen LogP contribution in [0.15, 0.2) is 18.2 Å². The minimum absolute atomic E-state index is 0.0120. The zero-order valence-electron chi connectivity index (χ0n) is 16.9. The summed E-state index contributed by atoms with van der Waals surface area (Å²) in [5.74, 6) is -1.07. The van der Waals surface area contributed by atoms with Crippen molar-refractivity contribution < 1.29 is 26.3 Å². The molecule has 1 aromatic carbocycles. The molecule has 0 saturated carbocycles. The normalized spacial score (nSPS) is 15.8. The smallest absolute Gasteiger partial charge is 0.354 e. The molecule has 0 spiro atoms. The van der Waals surface area contributed by atoms with Crippen LogP contribution < -0.4 is 5.32 Å². The average molecular weight is 537 g/mol. The van der Waals surface area contributed by atoms with Crippen LogP contribution in [0, 0.1) is 0 Å². The highest BCUT2D eigenvalue weighted by Gasteiger charge is 2.37. The zero-order chi connectivity index (χ0) is 24.4. The van der Waals surface area contributed by atoms with Crippen molar-refractivity contribution in [1.29, 1.82) is 0 Å². The van der Waals surface area contributed by atoms with Gasteiger partial charge in [-0.05, 0) is 57.1 Å². The predicted molar refractivity (Wildman–Crippen MR) is 113 cm³/mol. The van der Waals surface area contributed by atoms with E-state index in [1.807, 2.05) is 0 Å². The highest BCUT2D eigenvalue weighted by Crippen LogP contribution is 2.40. The quantitative estimate of drug-likeness (QED) is 0.267. The minimum atomic E-state index is -5.03. The third kappa shape index (κ3) is 7.21. The second-order valence-corrected chi connectivity index (χ2v) is 9.71. The first-order valence-electron chi connectivity index (χ1n) is 9.83. The summed E-state index contributed by atoms with van der Waals surface area (Å²) >= 11 is 17.5. The number of anilines is 1. The standard InChI is InChI=1S/C19H18Cl3F6N5/c20-17(21,22)15-30-14(31-16(32-15)29-4-3-7-33-5-1-2-6-33)11-8-12(18(23,24)25)10-13(9-11)19(26,27)28/h8-10H,1-7H2,(H,29,30,31,32). The van der Waals surface area contributed by atoms with Crippen molar-refractivity contribution in [2.24, 2.45) is 0 Å². The molecule has 1 aromatic heterocycles. The van der Waals surface area contributed by atoms with E-state index in [-0.39, 0.29) is 12.0 Å². The van der Waals surface area contributed by atoms with Gasteiger partial charge < -0.3 is 10.2 Å². The van der Waals surface area contributed by atoms with Gasteiger partial charge in [0.1, 0.15) is 0 Å². The first-order chi connectivity index (χ1) is 15.2. The molecule has 1 aliphatic heterocycles. The molecule has 1 saturated heterocycles. The molecule has 0 bridgehead atoms. The number of aromatic nitrogens is 3. The van der Waals surface area contributed by atoms with E-state index in [1.54, 1.807) is 0 Å². The monoisotopic (exact) mass is 535 g/mol. The molecule has 1 aliphatic rings. The third-order valence-corrected chi connectivity index (χ3v) is 5.37. The summed E-state index contributed by atoms with van der Waals surface area (Å²) in [6.45, 7) is 3.20. The summed E-state index contributed by atoms with van der Waals surface area (Å²) in [4.78, 5) is 14.0. The van der Waals surface area contributed by atoms with E-state index in [0.29, 0.717) is 25.1 Å². The lowest BCUT2D eigenvalue weighted by atomic mass is 10.0. The maximum atomic E-state index is 13.2. The number of rotatable bonds is 6. The van der Waals surface area contributed by atoms with E-state index in [2.05, 4.69) is 25.2 Å². The van der Waals surface area contributed by atoms with Gasteiger partial charge in [0.15, 0.2) is 11.6 Å². The molecule has 0 aliphatic carbocycles. The van der Waals surface area contributed by atoms with Crippen molar-refractivity contribution in [2.75, 3.05) is 31.5 Å². The Morgan fingerprint density at radius 1 is 0.848 bits per heavy atom. The highest BCUT2D eigenvalue weighted by molar-refractivity contribution is 6.66. The van der Waals surface area contributed by atoms with Crippen LogP contribution in [0.5, 0.6) is 0 Å². The Hall–Kier alpha value is -1.56. The number of nitrogens with one attached hydrogen (secondary N) is 1. The van der Waals surface area contributed by atoms with E-state index in [4.69, 9.17) is 34.8 Å². The summed E-state index contributed by atoms with van der Waals surface area (Å²) in [7, 11) is 0. The maximum absolute atomic E-state index is 13.2. The Labute approximate surface area is 200 Å². The van der Waals surface area contributed by atoms with Gasteiger partial charge in [-0.3, -0.25) is 0 Å². The fourth-order valence-corrected chi connectivity index (χ4v) is 3.56. The number of hydrogen-bond donors (Lipinski definition) is 1. The van der Waals surface area contributed by atoms with Crippen LogP contribution in [-0.2, 0) is 16.1 Å². The van der Waals surface area contributed by atoms with Crippen molar-refractivity contribution >= 4 is 40.8 Å². The third-order valence-electron chi connectivity index (χ3n) is 4.87. The summed E-state index contributed by atoms with van der Waals surface area (Å²) in [5, 5.41) is 2.87. The lowest BCUT2D eigenvalue weighted by Crippen LogP contribution is -2.23. The fraction of sp³-hybridized carbons (Fsp3) is 0.526. The number of nitrogens with zero attached hydrogens (tertiary/aromatic N) is 4. The van der Waals surface area contributed by atoms with Crippen molar-refractivity contribution in [3.63, 3.8) is 0 Å². The average Bonchev–Trinajstić information content (AvgIpc) is 3.22. The van der Waals surface area contributed by atoms with Gasteiger partial charge in [-0.15, -0.1) is 0 Å². The van der Waals surface area contributed by atoms with E-state index >= 15 is 0 Å². The lowest BCUT2D eigenvalue weighted by molar-refractivity contribution is -0.143. The molecule has 33 heavy (non-hydrogen) atoms. The first-order valence-corrected chi connectivity index (χ1v) is 11.0. The summed E-state index contributed by atoms with van der Waals surface area (Å²) in [6.07, 6.45) is -7.09. The van der Waals surface area contributed by atoms with E-state index in [1.165, 1.54) is 0 Å². The van der Waals surface area contributed by atoms with Gasteiger partial charge in [0, 0.05) is 12.1 Å². The van der Waals surface area contributed by atoms with Crippen molar-refractivity contribution in [2.45, 2.75) is 35.4 Å². The SMILES string of the molecule is FC(F)(F)c1cc(-c2nc(NCCCN3CCCC3)nc(C(Cl)(Cl)Cl)n2)cc(C(F)(F)F)c1.